The summed E-state index contributed by atoms with van der Waals surface area (Å²) in [7, 11) is 1.59. The highest BCUT2D eigenvalue weighted by Gasteiger charge is 2.26. The van der Waals surface area contributed by atoms with Gasteiger partial charge in [-0.05, 0) is 42.0 Å². The highest BCUT2D eigenvalue weighted by atomic mass is 16.5. The van der Waals surface area contributed by atoms with Crippen LogP contribution in [0.1, 0.15) is 17.2 Å². The zero-order chi connectivity index (χ0) is 22.3. The van der Waals surface area contributed by atoms with Crippen LogP contribution in [0.4, 0.5) is 11.5 Å². The van der Waals surface area contributed by atoms with Crippen molar-refractivity contribution >= 4 is 28.4 Å². The SMILES string of the molecule is COc1cccc(CNC(=O)C(C#N)c2nc3ccccc3nc2Nc2ccccc2)c1. The lowest BCUT2D eigenvalue weighted by Gasteiger charge is -2.16. The average Bonchev–Trinajstić information content (AvgIpc) is 2.84. The van der Waals surface area contributed by atoms with E-state index < -0.39 is 11.8 Å². The predicted molar refractivity (Wildman–Crippen MR) is 122 cm³/mol. The number of carbonyl (C=O) groups excluding carboxylic acids is 1. The van der Waals surface area contributed by atoms with Crippen LogP contribution >= 0.6 is 0 Å². The molecule has 1 aromatic heterocycles. The van der Waals surface area contributed by atoms with Gasteiger partial charge in [0.15, 0.2) is 11.7 Å². The van der Waals surface area contributed by atoms with Crippen LogP contribution in [0.25, 0.3) is 11.0 Å². The zero-order valence-corrected chi connectivity index (χ0v) is 17.4. The van der Waals surface area contributed by atoms with Crippen LogP contribution in [0, 0.1) is 11.3 Å². The first-order valence-corrected chi connectivity index (χ1v) is 10.1. The van der Waals surface area contributed by atoms with Gasteiger partial charge >= 0.3 is 0 Å². The van der Waals surface area contributed by atoms with Gasteiger partial charge < -0.3 is 15.4 Å². The number of nitrogens with one attached hydrogen (secondary N) is 2. The van der Waals surface area contributed by atoms with Crippen molar-refractivity contribution in [2.75, 3.05) is 12.4 Å². The molecule has 2 N–H and O–H groups in total. The van der Waals surface area contributed by atoms with E-state index in [1.54, 1.807) is 13.2 Å². The number of hydrogen-bond donors (Lipinski definition) is 2. The average molecular weight is 423 g/mol. The first-order valence-electron chi connectivity index (χ1n) is 10.1. The summed E-state index contributed by atoms with van der Waals surface area (Å²) in [5, 5.41) is 15.9. The number of hydrogen-bond acceptors (Lipinski definition) is 6. The molecule has 0 aliphatic carbocycles. The van der Waals surface area contributed by atoms with Crippen LogP contribution in [-0.4, -0.2) is 23.0 Å². The molecule has 7 nitrogen and oxygen atoms in total. The van der Waals surface area contributed by atoms with Crippen LogP contribution < -0.4 is 15.4 Å². The normalized spacial score (nSPS) is 11.4. The summed E-state index contributed by atoms with van der Waals surface area (Å²) >= 11 is 0. The maximum Gasteiger partial charge on any atom is 0.243 e. The fraction of sp³-hybridized carbons (Fsp3) is 0.120. The molecule has 0 spiro atoms. The molecule has 0 aliphatic heterocycles. The minimum Gasteiger partial charge on any atom is -0.497 e. The van der Waals surface area contributed by atoms with Gasteiger partial charge in [0.1, 0.15) is 11.4 Å². The van der Waals surface area contributed by atoms with Crippen LogP contribution in [0.2, 0.25) is 0 Å². The number of aromatic nitrogens is 2. The Bertz CT molecular complexity index is 1280. The minimum absolute atomic E-state index is 0.261. The topological polar surface area (TPSA) is 99.9 Å². The third-order valence-corrected chi connectivity index (χ3v) is 4.90. The van der Waals surface area contributed by atoms with Crippen molar-refractivity contribution in [1.29, 1.82) is 5.26 Å². The summed E-state index contributed by atoms with van der Waals surface area (Å²) in [5.41, 5.74) is 3.21. The van der Waals surface area contributed by atoms with E-state index in [4.69, 9.17) is 4.74 Å². The lowest BCUT2D eigenvalue weighted by molar-refractivity contribution is -0.121. The van der Waals surface area contributed by atoms with Crippen LogP contribution in [-0.2, 0) is 11.3 Å². The summed E-state index contributed by atoms with van der Waals surface area (Å²) in [4.78, 5) is 22.2. The Kier molecular flexibility index (Phi) is 6.23. The standard InChI is InChI=1S/C25H21N5O2/c1-32-19-11-7-8-17(14-19)16-27-25(31)20(15-26)23-24(28-18-9-3-2-4-10-18)30-22-13-6-5-12-21(22)29-23/h2-14,20H,16H2,1H3,(H,27,31)(H,28,30). The second-order valence-corrected chi connectivity index (χ2v) is 7.07. The van der Waals surface area contributed by atoms with Crippen LogP contribution in [0.3, 0.4) is 0 Å². The molecule has 1 unspecified atom stereocenters. The third-order valence-electron chi connectivity index (χ3n) is 4.90. The molecule has 32 heavy (non-hydrogen) atoms. The fourth-order valence-electron chi connectivity index (χ4n) is 3.28. The summed E-state index contributed by atoms with van der Waals surface area (Å²) in [5.74, 6) is -0.513. The van der Waals surface area contributed by atoms with Crippen LogP contribution in [0.15, 0.2) is 78.9 Å². The Hall–Kier alpha value is -4.44. The van der Waals surface area contributed by atoms with Crippen molar-refractivity contribution in [1.82, 2.24) is 15.3 Å². The number of benzene rings is 3. The summed E-state index contributed by atoms with van der Waals surface area (Å²) in [6.45, 7) is 0.261. The van der Waals surface area contributed by atoms with Gasteiger partial charge in [-0.1, -0.05) is 42.5 Å². The van der Waals surface area contributed by atoms with Gasteiger partial charge in [0.25, 0.3) is 0 Å². The molecule has 1 heterocycles. The van der Waals surface area contributed by atoms with E-state index in [0.29, 0.717) is 22.6 Å². The first-order chi connectivity index (χ1) is 15.7. The monoisotopic (exact) mass is 423 g/mol. The van der Waals surface area contributed by atoms with Gasteiger partial charge in [-0.15, -0.1) is 0 Å². The van der Waals surface area contributed by atoms with E-state index in [-0.39, 0.29) is 12.2 Å². The number of anilines is 2. The minimum atomic E-state index is -1.14. The second-order valence-electron chi connectivity index (χ2n) is 7.07. The first kappa shape index (κ1) is 20.8. The highest BCUT2D eigenvalue weighted by Crippen LogP contribution is 2.27. The molecule has 0 saturated heterocycles. The maximum atomic E-state index is 13.0. The van der Waals surface area contributed by atoms with E-state index >= 15 is 0 Å². The van der Waals surface area contributed by atoms with Crippen LogP contribution in [0.5, 0.6) is 5.75 Å². The number of rotatable bonds is 7. The highest BCUT2D eigenvalue weighted by molar-refractivity contribution is 5.89. The molecule has 7 heteroatoms. The largest absolute Gasteiger partial charge is 0.497 e. The molecule has 0 fully saturated rings. The Morgan fingerprint density at radius 1 is 1.00 bits per heavy atom. The number of para-hydroxylation sites is 3. The van der Waals surface area contributed by atoms with Gasteiger partial charge in [-0.2, -0.15) is 5.26 Å². The number of nitriles is 1. The van der Waals surface area contributed by atoms with E-state index in [1.807, 2.05) is 72.8 Å². The van der Waals surface area contributed by atoms with Crippen molar-refractivity contribution in [2.45, 2.75) is 12.5 Å². The molecule has 4 aromatic rings. The van der Waals surface area contributed by atoms with Crippen molar-refractivity contribution in [3.8, 4) is 11.8 Å². The fourth-order valence-corrected chi connectivity index (χ4v) is 3.28. The molecule has 3 aromatic carbocycles. The van der Waals surface area contributed by atoms with E-state index in [9.17, 15) is 10.1 Å². The van der Waals surface area contributed by atoms with Gasteiger partial charge in [0.2, 0.25) is 5.91 Å². The zero-order valence-electron chi connectivity index (χ0n) is 17.4. The van der Waals surface area contributed by atoms with Crippen molar-refractivity contribution in [3.05, 3.63) is 90.1 Å². The van der Waals surface area contributed by atoms with Gasteiger partial charge in [-0.25, -0.2) is 9.97 Å². The summed E-state index contributed by atoms with van der Waals surface area (Å²) < 4.78 is 5.22. The molecular formula is C25H21N5O2. The molecule has 1 amide bonds. The molecule has 0 radical (unpaired) electrons. The smallest absolute Gasteiger partial charge is 0.243 e. The van der Waals surface area contributed by atoms with Crippen molar-refractivity contribution < 1.29 is 9.53 Å². The predicted octanol–water partition coefficient (Wildman–Crippen LogP) is 4.31. The van der Waals surface area contributed by atoms with Crippen molar-refractivity contribution in [3.63, 3.8) is 0 Å². The number of carbonyl (C=O) groups is 1. The maximum absolute atomic E-state index is 13.0. The van der Waals surface area contributed by atoms with Gasteiger partial charge in [-0.3, -0.25) is 4.79 Å². The number of methoxy groups -OCH3 is 1. The molecule has 4 rings (SSSR count). The van der Waals surface area contributed by atoms with E-state index in [1.165, 1.54) is 0 Å². The third kappa shape index (κ3) is 4.65. The number of nitrogens with zero attached hydrogens (tertiary/aromatic N) is 3. The quantitative estimate of drug-likeness (QED) is 0.460. The lowest BCUT2D eigenvalue weighted by atomic mass is 10.0. The number of amides is 1. The lowest BCUT2D eigenvalue weighted by Crippen LogP contribution is -2.29. The Labute approximate surface area is 185 Å². The molecule has 1 atom stereocenters. The molecule has 0 bridgehead atoms. The second kappa shape index (κ2) is 9.58. The Morgan fingerprint density at radius 2 is 1.72 bits per heavy atom. The summed E-state index contributed by atoms with van der Waals surface area (Å²) in [6.07, 6.45) is 0. The van der Waals surface area contributed by atoms with Gasteiger partial charge in [0.05, 0.1) is 24.2 Å². The number of fused-ring (bicyclic) bond motifs is 1. The number of ether oxygens (including phenoxy) is 1. The molecular weight excluding hydrogens is 402 g/mol. The van der Waals surface area contributed by atoms with E-state index in [2.05, 4.69) is 26.7 Å². The molecule has 158 valence electrons. The Morgan fingerprint density at radius 3 is 2.44 bits per heavy atom. The van der Waals surface area contributed by atoms with E-state index in [0.717, 1.165) is 11.3 Å². The molecule has 0 saturated carbocycles. The summed E-state index contributed by atoms with van der Waals surface area (Å²) in [6, 6.07) is 26.3. The molecule has 0 aliphatic rings. The van der Waals surface area contributed by atoms with Crippen molar-refractivity contribution in [2.24, 2.45) is 0 Å². The van der Waals surface area contributed by atoms with Gasteiger partial charge in [0, 0.05) is 12.2 Å². The Balaban J connectivity index is 1.64.